The van der Waals surface area contributed by atoms with E-state index in [2.05, 4.69) is 29.7 Å². The zero-order valence-electron chi connectivity index (χ0n) is 6.84. The molecule has 2 nitrogen and oxygen atoms in total. The van der Waals surface area contributed by atoms with Crippen molar-refractivity contribution >= 4 is 11.6 Å². The first-order chi connectivity index (χ1) is 5.75. The lowest BCUT2D eigenvalue weighted by Crippen LogP contribution is -2.48. The predicted octanol–water partition coefficient (Wildman–Crippen LogP) is 1.47. The van der Waals surface area contributed by atoms with Gasteiger partial charge in [0, 0.05) is 6.04 Å². The smallest absolute Gasteiger partial charge is 0.104 e. The standard InChI is InChI=1S/C9H11ClN2/c1-6-2-3-7-4-5-8(10)12-9(7)11-6/h2-6,9,11-12H,1H3. The van der Waals surface area contributed by atoms with Crippen molar-refractivity contribution in [1.82, 2.24) is 10.6 Å². The number of nitrogens with one attached hydrogen (secondary N) is 2. The molecule has 0 saturated heterocycles. The molecule has 12 heavy (non-hydrogen) atoms. The molecular weight excluding hydrogens is 172 g/mol. The first kappa shape index (κ1) is 7.90. The summed E-state index contributed by atoms with van der Waals surface area (Å²) < 4.78 is 0. The van der Waals surface area contributed by atoms with Gasteiger partial charge >= 0.3 is 0 Å². The van der Waals surface area contributed by atoms with E-state index in [4.69, 9.17) is 11.6 Å². The quantitative estimate of drug-likeness (QED) is 0.555. The van der Waals surface area contributed by atoms with Crippen molar-refractivity contribution in [3.05, 3.63) is 35.0 Å². The molecule has 2 atom stereocenters. The minimum Gasteiger partial charge on any atom is -0.357 e. The molecule has 64 valence electrons. The van der Waals surface area contributed by atoms with Crippen LogP contribution in [0.25, 0.3) is 0 Å². The van der Waals surface area contributed by atoms with Crippen LogP contribution < -0.4 is 10.6 Å². The normalized spacial score (nSPS) is 33.2. The number of rotatable bonds is 0. The fraction of sp³-hybridized carbons (Fsp3) is 0.333. The molecular formula is C9H11ClN2. The van der Waals surface area contributed by atoms with Gasteiger partial charge in [0.2, 0.25) is 0 Å². The Morgan fingerprint density at radius 3 is 3.08 bits per heavy atom. The maximum absolute atomic E-state index is 5.83. The highest BCUT2D eigenvalue weighted by atomic mass is 35.5. The Labute approximate surface area is 77.0 Å². The van der Waals surface area contributed by atoms with E-state index < -0.39 is 0 Å². The van der Waals surface area contributed by atoms with Gasteiger partial charge in [0.1, 0.15) is 11.3 Å². The molecule has 0 aliphatic carbocycles. The molecule has 2 aliphatic heterocycles. The van der Waals surface area contributed by atoms with Gasteiger partial charge in [-0.25, -0.2) is 0 Å². The highest BCUT2D eigenvalue weighted by Gasteiger charge is 2.19. The van der Waals surface area contributed by atoms with Crippen LogP contribution in [-0.2, 0) is 0 Å². The molecule has 0 aromatic heterocycles. The summed E-state index contributed by atoms with van der Waals surface area (Å²) in [6, 6.07) is 0.405. The van der Waals surface area contributed by atoms with Gasteiger partial charge in [0.15, 0.2) is 0 Å². The number of dihydropyridines is 1. The van der Waals surface area contributed by atoms with E-state index in [1.165, 1.54) is 5.57 Å². The van der Waals surface area contributed by atoms with Gasteiger partial charge in [-0.05, 0) is 18.6 Å². The summed E-state index contributed by atoms with van der Waals surface area (Å²) in [6.07, 6.45) is 8.34. The Bertz CT molecular complexity index is 278. The van der Waals surface area contributed by atoms with E-state index >= 15 is 0 Å². The maximum Gasteiger partial charge on any atom is 0.104 e. The highest BCUT2D eigenvalue weighted by Crippen LogP contribution is 2.16. The van der Waals surface area contributed by atoms with Crippen molar-refractivity contribution in [1.29, 1.82) is 0 Å². The molecule has 0 fully saturated rings. The minimum absolute atomic E-state index is 0.183. The van der Waals surface area contributed by atoms with Crippen LogP contribution in [0.1, 0.15) is 6.92 Å². The van der Waals surface area contributed by atoms with E-state index in [-0.39, 0.29) is 6.17 Å². The molecule has 0 radical (unpaired) electrons. The monoisotopic (exact) mass is 182 g/mol. The Morgan fingerprint density at radius 2 is 2.25 bits per heavy atom. The van der Waals surface area contributed by atoms with E-state index in [1.54, 1.807) is 0 Å². The molecule has 2 aliphatic rings. The molecule has 0 aromatic carbocycles. The second-order valence-electron chi connectivity index (χ2n) is 3.07. The third-order valence-electron chi connectivity index (χ3n) is 2.04. The van der Waals surface area contributed by atoms with Crippen molar-refractivity contribution in [2.24, 2.45) is 0 Å². The molecule has 2 rings (SSSR count). The van der Waals surface area contributed by atoms with Crippen molar-refractivity contribution in [3.63, 3.8) is 0 Å². The summed E-state index contributed by atoms with van der Waals surface area (Å²) in [5.74, 6) is 0. The summed E-state index contributed by atoms with van der Waals surface area (Å²) in [4.78, 5) is 0. The fourth-order valence-corrected chi connectivity index (χ4v) is 1.57. The van der Waals surface area contributed by atoms with Gasteiger partial charge < -0.3 is 5.32 Å². The molecule has 0 bridgehead atoms. The molecule has 2 heterocycles. The van der Waals surface area contributed by atoms with Crippen LogP contribution in [0, 0.1) is 0 Å². The third-order valence-corrected chi connectivity index (χ3v) is 2.28. The molecule has 2 unspecified atom stereocenters. The Balaban J connectivity index is 2.25. The van der Waals surface area contributed by atoms with Crippen molar-refractivity contribution in [2.45, 2.75) is 19.1 Å². The molecule has 0 spiro atoms. The van der Waals surface area contributed by atoms with Crippen molar-refractivity contribution in [2.75, 3.05) is 0 Å². The van der Waals surface area contributed by atoms with Crippen LogP contribution in [0.5, 0.6) is 0 Å². The lowest BCUT2D eigenvalue weighted by Gasteiger charge is -2.30. The van der Waals surface area contributed by atoms with Gasteiger partial charge in [0.25, 0.3) is 0 Å². The van der Waals surface area contributed by atoms with Gasteiger partial charge in [-0.3, -0.25) is 5.32 Å². The van der Waals surface area contributed by atoms with Crippen molar-refractivity contribution < 1.29 is 0 Å². The average molecular weight is 183 g/mol. The van der Waals surface area contributed by atoms with Gasteiger partial charge in [-0.1, -0.05) is 29.8 Å². The zero-order valence-corrected chi connectivity index (χ0v) is 7.60. The second kappa shape index (κ2) is 2.96. The number of hydrogen-bond donors (Lipinski definition) is 2. The highest BCUT2D eigenvalue weighted by molar-refractivity contribution is 6.29. The minimum atomic E-state index is 0.183. The van der Waals surface area contributed by atoms with Gasteiger partial charge in [-0.2, -0.15) is 0 Å². The topological polar surface area (TPSA) is 24.1 Å². The molecule has 2 N–H and O–H groups in total. The van der Waals surface area contributed by atoms with E-state index in [9.17, 15) is 0 Å². The lowest BCUT2D eigenvalue weighted by atomic mass is 10.0. The van der Waals surface area contributed by atoms with Gasteiger partial charge in [-0.15, -0.1) is 0 Å². The van der Waals surface area contributed by atoms with Crippen LogP contribution in [0.15, 0.2) is 35.0 Å². The molecule has 0 amide bonds. The molecule has 3 heteroatoms. The van der Waals surface area contributed by atoms with Crippen LogP contribution in [-0.4, -0.2) is 12.2 Å². The number of halogens is 1. The first-order valence-electron chi connectivity index (χ1n) is 4.04. The number of allylic oxidation sites excluding steroid dienone is 2. The zero-order chi connectivity index (χ0) is 8.55. The predicted molar refractivity (Wildman–Crippen MR) is 50.7 cm³/mol. The summed E-state index contributed by atoms with van der Waals surface area (Å²) in [6.45, 7) is 2.11. The summed E-state index contributed by atoms with van der Waals surface area (Å²) in [5.41, 5.74) is 1.23. The van der Waals surface area contributed by atoms with Crippen molar-refractivity contribution in [3.8, 4) is 0 Å². The van der Waals surface area contributed by atoms with E-state index in [0.29, 0.717) is 11.2 Å². The Morgan fingerprint density at radius 1 is 1.42 bits per heavy atom. The molecule has 0 aromatic rings. The van der Waals surface area contributed by atoms with Crippen LogP contribution >= 0.6 is 11.6 Å². The Hall–Kier alpha value is -0.730. The lowest BCUT2D eigenvalue weighted by molar-refractivity contribution is 0.484. The maximum atomic E-state index is 5.83. The average Bonchev–Trinajstić information content (AvgIpc) is 2.03. The Kier molecular flexibility index (Phi) is 1.95. The number of hydrogen-bond acceptors (Lipinski definition) is 2. The SMILES string of the molecule is CC1C=CC2=CC=C(Cl)NC2N1. The van der Waals surface area contributed by atoms with E-state index in [1.807, 2.05) is 12.2 Å². The van der Waals surface area contributed by atoms with Crippen LogP contribution in [0.2, 0.25) is 0 Å². The van der Waals surface area contributed by atoms with Crippen LogP contribution in [0.3, 0.4) is 0 Å². The van der Waals surface area contributed by atoms with Crippen LogP contribution in [0.4, 0.5) is 0 Å². The van der Waals surface area contributed by atoms with Gasteiger partial charge in [0.05, 0.1) is 0 Å². The molecule has 0 saturated carbocycles. The largest absolute Gasteiger partial charge is 0.357 e. The second-order valence-corrected chi connectivity index (χ2v) is 3.48. The first-order valence-corrected chi connectivity index (χ1v) is 4.42. The summed E-state index contributed by atoms with van der Waals surface area (Å²) in [5, 5.41) is 7.20. The number of fused-ring (bicyclic) bond motifs is 1. The fourth-order valence-electron chi connectivity index (χ4n) is 1.40. The summed E-state index contributed by atoms with van der Waals surface area (Å²) >= 11 is 5.83. The van der Waals surface area contributed by atoms with E-state index in [0.717, 1.165) is 0 Å². The summed E-state index contributed by atoms with van der Waals surface area (Å²) in [7, 11) is 0. The third kappa shape index (κ3) is 1.40.